The van der Waals surface area contributed by atoms with Crippen LogP contribution >= 0.6 is 11.6 Å². The fourth-order valence-electron chi connectivity index (χ4n) is 4.00. The van der Waals surface area contributed by atoms with Gasteiger partial charge >= 0.3 is 6.03 Å². The lowest BCUT2D eigenvalue weighted by molar-refractivity contribution is 0.212. The highest BCUT2D eigenvalue weighted by molar-refractivity contribution is 6.30. The van der Waals surface area contributed by atoms with Crippen molar-refractivity contribution in [1.82, 2.24) is 9.80 Å². The number of carbonyl (C=O) groups excluding carboxylic acids is 1. The van der Waals surface area contributed by atoms with Crippen LogP contribution in [0, 0.1) is 11.8 Å². The lowest BCUT2D eigenvalue weighted by Crippen LogP contribution is -2.36. The molecule has 1 N–H and O–H groups in total. The topological polar surface area (TPSA) is 35.6 Å². The van der Waals surface area contributed by atoms with E-state index >= 15 is 0 Å². The summed E-state index contributed by atoms with van der Waals surface area (Å²) in [5, 5.41) is 3.78. The van der Waals surface area contributed by atoms with Gasteiger partial charge in [0.25, 0.3) is 0 Å². The minimum Gasteiger partial charge on any atom is -0.324 e. The molecule has 0 spiro atoms. The zero-order valence-corrected chi connectivity index (χ0v) is 14.8. The van der Waals surface area contributed by atoms with Crippen LogP contribution in [0.25, 0.3) is 0 Å². The van der Waals surface area contributed by atoms with E-state index in [0.29, 0.717) is 11.8 Å². The minimum atomic E-state index is 0.0157. The van der Waals surface area contributed by atoms with Gasteiger partial charge < -0.3 is 10.2 Å². The molecule has 2 aliphatic heterocycles. The van der Waals surface area contributed by atoms with Gasteiger partial charge in [-0.05, 0) is 41.7 Å². The molecule has 0 unspecified atom stereocenters. The summed E-state index contributed by atoms with van der Waals surface area (Å²) in [6.45, 7) is 4.72. The maximum absolute atomic E-state index is 12.4. The molecule has 2 fully saturated rings. The first-order valence-electron chi connectivity index (χ1n) is 8.75. The van der Waals surface area contributed by atoms with Crippen molar-refractivity contribution in [3.63, 3.8) is 0 Å². The number of carbonyl (C=O) groups is 1. The van der Waals surface area contributed by atoms with Gasteiger partial charge in [-0.1, -0.05) is 41.9 Å². The van der Waals surface area contributed by atoms with Crippen molar-refractivity contribution < 1.29 is 4.79 Å². The molecule has 0 saturated carbocycles. The Morgan fingerprint density at radius 3 is 2.40 bits per heavy atom. The van der Waals surface area contributed by atoms with E-state index in [1.807, 2.05) is 53.4 Å². The maximum atomic E-state index is 12.4. The summed E-state index contributed by atoms with van der Waals surface area (Å²) in [4.78, 5) is 16.9. The number of hydrogen-bond acceptors (Lipinski definition) is 2. The number of hydrogen-bond donors (Lipinski definition) is 1. The first kappa shape index (κ1) is 16.4. The quantitative estimate of drug-likeness (QED) is 0.905. The van der Waals surface area contributed by atoms with E-state index < -0.39 is 0 Å². The number of benzene rings is 2. The van der Waals surface area contributed by atoms with E-state index in [-0.39, 0.29) is 6.03 Å². The van der Waals surface area contributed by atoms with Gasteiger partial charge in [-0.2, -0.15) is 0 Å². The fourth-order valence-corrected chi connectivity index (χ4v) is 4.22. The number of nitrogens with one attached hydrogen (secondary N) is 1. The summed E-state index contributed by atoms with van der Waals surface area (Å²) in [7, 11) is 0. The zero-order chi connectivity index (χ0) is 17.2. The molecule has 0 radical (unpaired) electrons. The van der Waals surface area contributed by atoms with Gasteiger partial charge in [0.1, 0.15) is 0 Å². The highest BCUT2D eigenvalue weighted by Gasteiger charge is 2.41. The standard InChI is InChI=1S/C20H22ClN3O/c21-18-6-4-5-15(9-18)10-23-11-16-13-24(14-17(16)12-23)20(25)22-19-7-2-1-3-8-19/h1-9,16-17H,10-14H2,(H,22,25)/t16-,17-/m0/s1. The van der Waals surface area contributed by atoms with E-state index in [4.69, 9.17) is 11.6 Å². The number of halogens is 1. The van der Waals surface area contributed by atoms with Crippen LogP contribution in [0.5, 0.6) is 0 Å². The van der Waals surface area contributed by atoms with E-state index in [1.54, 1.807) is 0 Å². The third-order valence-corrected chi connectivity index (χ3v) is 5.40. The normalized spacial score (nSPS) is 22.8. The summed E-state index contributed by atoms with van der Waals surface area (Å²) >= 11 is 6.08. The Morgan fingerprint density at radius 2 is 1.72 bits per heavy atom. The maximum Gasteiger partial charge on any atom is 0.321 e. The molecular weight excluding hydrogens is 334 g/mol. The smallest absolute Gasteiger partial charge is 0.321 e. The first-order chi connectivity index (χ1) is 12.2. The molecule has 0 bridgehead atoms. The Morgan fingerprint density at radius 1 is 1.00 bits per heavy atom. The van der Waals surface area contributed by atoms with E-state index in [2.05, 4.69) is 16.3 Å². The van der Waals surface area contributed by atoms with Crippen LogP contribution in [0.15, 0.2) is 54.6 Å². The van der Waals surface area contributed by atoms with E-state index in [9.17, 15) is 4.79 Å². The third kappa shape index (κ3) is 3.80. The average Bonchev–Trinajstić information content (AvgIpc) is 3.14. The van der Waals surface area contributed by atoms with Gasteiger partial charge in [0.2, 0.25) is 0 Å². The zero-order valence-electron chi connectivity index (χ0n) is 14.1. The van der Waals surface area contributed by atoms with Gasteiger partial charge in [-0.3, -0.25) is 4.90 Å². The van der Waals surface area contributed by atoms with Gasteiger partial charge in [-0.25, -0.2) is 4.79 Å². The van der Waals surface area contributed by atoms with Crippen molar-refractivity contribution in [2.75, 3.05) is 31.5 Å². The number of amides is 2. The van der Waals surface area contributed by atoms with Crippen molar-refractivity contribution in [2.45, 2.75) is 6.54 Å². The Kier molecular flexibility index (Phi) is 4.64. The molecule has 2 aromatic rings. The molecule has 2 atom stereocenters. The van der Waals surface area contributed by atoms with Crippen LogP contribution in [0.2, 0.25) is 5.02 Å². The minimum absolute atomic E-state index is 0.0157. The molecular formula is C20H22ClN3O. The molecule has 2 heterocycles. The summed E-state index contributed by atoms with van der Waals surface area (Å²) < 4.78 is 0. The second kappa shape index (κ2) is 7.06. The first-order valence-corrected chi connectivity index (χ1v) is 9.13. The van der Waals surface area contributed by atoms with Crippen LogP contribution in [0.1, 0.15) is 5.56 Å². The van der Waals surface area contributed by atoms with Crippen LogP contribution < -0.4 is 5.32 Å². The number of fused-ring (bicyclic) bond motifs is 1. The summed E-state index contributed by atoms with van der Waals surface area (Å²) in [6, 6.07) is 17.7. The van der Waals surface area contributed by atoms with Crippen LogP contribution in [0.4, 0.5) is 10.5 Å². The van der Waals surface area contributed by atoms with Gasteiger partial charge in [0.05, 0.1) is 0 Å². The predicted octanol–water partition coefficient (Wildman–Crippen LogP) is 3.94. The Balaban J connectivity index is 1.31. The predicted molar refractivity (Wildman–Crippen MR) is 101 cm³/mol. The van der Waals surface area contributed by atoms with Gasteiger partial charge in [0.15, 0.2) is 0 Å². The number of urea groups is 1. The summed E-state index contributed by atoms with van der Waals surface area (Å²) in [6.07, 6.45) is 0. The molecule has 4 nitrogen and oxygen atoms in total. The third-order valence-electron chi connectivity index (χ3n) is 5.17. The van der Waals surface area contributed by atoms with Crippen molar-refractivity contribution in [3.8, 4) is 0 Å². The molecule has 2 saturated heterocycles. The van der Waals surface area contributed by atoms with Crippen molar-refractivity contribution in [3.05, 3.63) is 65.2 Å². The molecule has 0 aliphatic carbocycles. The second-order valence-corrected chi connectivity index (χ2v) is 7.48. The monoisotopic (exact) mass is 355 g/mol. The number of rotatable bonds is 3. The number of nitrogens with zero attached hydrogens (tertiary/aromatic N) is 2. The Hall–Kier alpha value is -2.04. The molecule has 130 valence electrons. The summed E-state index contributed by atoms with van der Waals surface area (Å²) in [5.41, 5.74) is 2.11. The van der Waals surface area contributed by atoms with Gasteiger partial charge in [-0.15, -0.1) is 0 Å². The largest absolute Gasteiger partial charge is 0.324 e. The highest BCUT2D eigenvalue weighted by atomic mass is 35.5. The number of para-hydroxylation sites is 1. The summed E-state index contributed by atoms with van der Waals surface area (Å²) in [5.74, 6) is 1.14. The molecule has 2 aliphatic rings. The van der Waals surface area contributed by atoms with Crippen LogP contribution in [-0.4, -0.2) is 42.0 Å². The highest BCUT2D eigenvalue weighted by Crippen LogP contribution is 2.32. The lowest BCUT2D eigenvalue weighted by Gasteiger charge is -2.22. The van der Waals surface area contributed by atoms with Crippen LogP contribution in [-0.2, 0) is 6.54 Å². The molecule has 25 heavy (non-hydrogen) atoms. The Bertz CT molecular complexity index is 738. The van der Waals surface area contributed by atoms with Crippen LogP contribution in [0.3, 0.4) is 0 Å². The number of likely N-dealkylation sites (tertiary alicyclic amines) is 2. The van der Waals surface area contributed by atoms with E-state index in [1.165, 1.54) is 5.56 Å². The van der Waals surface area contributed by atoms with E-state index in [0.717, 1.165) is 43.4 Å². The Labute approximate surface area is 153 Å². The molecule has 4 rings (SSSR count). The molecule has 0 aromatic heterocycles. The SMILES string of the molecule is O=C(Nc1ccccc1)N1C[C@@H]2CN(Cc3cccc(Cl)c3)C[C@H]2C1. The number of anilines is 1. The fraction of sp³-hybridized carbons (Fsp3) is 0.350. The van der Waals surface area contributed by atoms with Crippen molar-refractivity contribution in [1.29, 1.82) is 0 Å². The average molecular weight is 356 g/mol. The molecule has 2 aromatic carbocycles. The van der Waals surface area contributed by atoms with Gasteiger partial charge in [0, 0.05) is 43.4 Å². The lowest BCUT2D eigenvalue weighted by atomic mass is 10.0. The van der Waals surface area contributed by atoms with Crippen molar-refractivity contribution in [2.24, 2.45) is 11.8 Å². The molecule has 2 amide bonds. The second-order valence-electron chi connectivity index (χ2n) is 7.05. The van der Waals surface area contributed by atoms with Crippen molar-refractivity contribution >= 4 is 23.3 Å². The molecule has 5 heteroatoms.